The number of nitrogens with zero attached hydrogens (tertiary/aromatic N) is 1. The van der Waals surface area contributed by atoms with E-state index in [9.17, 15) is 9.59 Å². The minimum atomic E-state index is -0.200. The zero-order valence-electron chi connectivity index (χ0n) is 18.4. The molecule has 3 aromatic rings. The molecule has 33 heavy (non-hydrogen) atoms. The van der Waals surface area contributed by atoms with Gasteiger partial charge in [-0.15, -0.1) is 0 Å². The first-order chi connectivity index (χ1) is 16.0. The van der Waals surface area contributed by atoms with Gasteiger partial charge in [0.2, 0.25) is 0 Å². The molecule has 4 rings (SSSR count). The van der Waals surface area contributed by atoms with Gasteiger partial charge in [0.1, 0.15) is 5.75 Å². The Morgan fingerprint density at radius 3 is 2.58 bits per heavy atom. The van der Waals surface area contributed by atoms with Gasteiger partial charge >= 0.3 is 6.03 Å². The second-order valence-corrected chi connectivity index (χ2v) is 8.44. The van der Waals surface area contributed by atoms with Gasteiger partial charge in [0.25, 0.3) is 5.91 Å². The summed E-state index contributed by atoms with van der Waals surface area (Å²) in [6.45, 7) is 1.29. The molecule has 3 aromatic carbocycles. The molecule has 0 aromatic heterocycles. The summed E-state index contributed by atoms with van der Waals surface area (Å²) in [6, 6.07) is 21.9. The first kappa shape index (κ1) is 22.7. The smallest absolute Gasteiger partial charge is 0.321 e. The zero-order chi connectivity index (χ0) is 23.2. The number of benzene rings is 3. The Balaban J connectivity index is 1.43. The van der Waals surface area contributed by atoms with E-state index < -0.39 is 0 Å². The van der Waals surface area contributed by atoms with Crippen LogP contribution in [0.2, 0.25) is 5.02 Å². The molecule has 1 fully saturated rings. The van der Waals surface area contributed by atoms with Crippen molar-refractivity contribution < 1.29 is 14.3 Å². The maximum absolute atomic E-state index is 12.9. The highest BCUT2D eigenvalue weighted by atomic mass is 35.5. The van der Waals surface area contributed by atoms with Gasteiger partial charge < -0.3 is 20.3 Å². The number of likely N-dealkylation sites (tertiary alicyclic amines) is 1. The van der Waals surface area contributed by atoms with Crippen LogP contribution in [-0.2, 0) is 0 Å². The molecule has 3 amide bonds. The van der Waals surface area contributed by atoms with Gasteiger partial charge in [0.05, 0.1) is 12.8 Å². The summed E-state index contributed by atoms with van der Waals surface area (Å²) in [5.41, 5.74) is 2.95. The molecule has 1 aliphatic heterocycles. The lowest BCUT2D eigenvalue weighted by atomic mass is 9.89. The molecule has 1 heterocycles. The molecular weight excluding hydrogens is 438 g/mol. The molecule has 0 radical (unpaired) electrons. The number of ether oxygens (including phenoxy) is 1. The Morgan fingerprint density at radius 1 is 1.00 bits per heavy atom. The maximum atomic E-state index is 12.9. The first-order valence-electron chi connectivity index (χ1n) is 10.9. The number of urea groups is 1. The molecule has 1 aliphatic rings. The lowest BCUT2D eigenvalue weighted by Gasteiger charge is -2.33. The van der Waals surface area contributed by atoms with Gasteiger partial charge in [0, 0.05) is 35.3 Å². The molecule has 1 atom stereocenters. The number of carbonyl (C=O) groups is 2. The highest BCUT2D eigenvalue weighted by Gasteiger charge is 2.25. The van der Waals surface area contributed by atoms with Crippen LogP contribution in [0, 0.1) is 0 Å². The summed E-state index contributed by atoms with van der Waals surface area (Å²) >= 11 is 5.92. The normalized spacial score (nSPS) is 15.6. The van der Waals surface area contributed by atoms with Crippen molar-refractivity contribution in [2.45, 2.75) is 18.8 Å². The monoisotopic (exact) mass is 463 g/mol. The maximum Gasteiger partial charge on any atom is 0.321 e. The third-order valence-corrected chi connectivity index (χ3v) is 6.03. The lowest BCUT2D eigenvalue weighted by Crippen LogP contribution is -2.41. The van der Waals surface area contributed by atoms with Crippen molar-refractivity contribution in [1.82, 2.24) is 4.90 Å². The van der Waals surface area contributed by atoms with E-state index in [1.165, 1.54) is 0 Å². The Hall–Kier alpha value is -3.51. The van der Waals surface area contributed by atoms with Gasteiger partial charge in [-0.1, -0.05) is 35.9 Å². The van der Waals surface area contributed by atoms with Gasteiger partial charge in [-0.3, -0.25) is 4.79 Å². The third-order valence-electron chi connectivity index (χ3n) is 5.78. The topological polar surface area (TPSA) is 70.7 Å². The van der Waals surface area contributed by atoms with Crippen LogP contribution in [-0.4, -0.2) is 37.0 Å². The van der Waals surface area contributed by atoms with Crippen LogP contribution in [0.3, 0.4) is 0 Å². The van der Waals surface area contributed by atoms with E-state index in [2.05, 4.69) is 10.6 Å². The van der Waals surface area contributed by atoms with E-state index in [1.807, 2.05) is 35.2 Å². The molecule has 2 N–H and O–H groups in total. The summed E-state index contributed by atoms with van der Waals surface area (Å²) in [6.07, 6.45) is 1.86. The SMILES string of the molecule is COc1ccccc1NC(=O)c1cccc([C@@H]2CCCN(C(=O)Nc3ccc(Cl)cc3)C2)c1. The molecule has 170 valence electrons. The molecule has 0 unspecified atom stereocenters. The Kier molecular flexibility index (Phi) is 7.15. The third kappa shape index (κ3) is 5.65. The van der Waals surface area contributed by atoms with Crippen LogP contribution >= 0.6 is 11.6 Å². The van der Waals surface area contributed by atoms with Gasteiger partial charge in [0.15, 0.2) is 0 Å². The average molecular weight is 464 g/mol. The highest BCUT2D eigenvalue weighted by molar-refractivity contribution is 6.30. The molecule has 0 bridgehead atoms. The Bertz CT molecular complexity index is 1130. The van der Waals surface area contributed by atoms with Crippen LogP contribution in [0.4, 0.5) is 16.2 Å². The number of nitrogens with one attached hydrogen (secondary N) is 2. The summed E-state index contributed by atoms with van der Waals surface area (Å²) in [7, 11) is 1.57. The minimum absolute atomic E-state index is 0.132. The number of hydrogen-bond donors (Lipinski definition) is 2. The molecule has 0 saturated carbocycles. The molecular formula is C26H26ClN3O3. The number of halogens is 1. The van der Waals surface area contributed by atoms with Crippen molar-refractivity contribution >= 4 is 34.9 Å². The van der Waals surface area contributed by atoms with E-state index in [0.717, 1.165) is 18.4 Å². The van der Waals surface area contributed by atoms with Crippen LogP contribution in [0.5, 0.6) is 5.75 Å². The van der Waals surface area contributed by atoms with Crippen molar-refractivity contribution in [3.8, 4) is 5.75 Å². The predicted molar refractivity (Wildman–Crippen MR) is 131 cm³/mol. The van der Waals surface area contributed by atoms with Gasteiger partial charge in [-0.2, -0.15) is 0 Å². The number of rotatable bonds is 5. The molecule has 0 aliphatic carbocycles. The second kappa shape index (κ2) is 10.4. The number of anilines is 2. The fourth-order valence-electron chi connectivity index (χ4n) is 4.05. The van der Waals surface area contributed by atoms with Crippen molar-refractivity contribution in [2.24, 2.45) is 0 Å². The summed E-state index contributed by atoms with van der Waals surface area (Å²) in [4.78, 5) is 27.5. The van der Waals surface area contributed by atoms with Crippen molar-refractivity contribution in [3.05, 3.63) is 88.9 Å². The number of methoxy groups -OCH3 is 1. The Labute approximate surface area is 198 Å². The van der Waals surface area contributed by atoms with Crippen LogP contribution in [0.15, 0.2) is 72.8 Å². The summed E-state index contributed by atoms with van der Waals surface area (Å²) in [5, 5.41) is 6.47. The van der Waals surface area contributed by atoms with Crippen molar-refractivity contribution in [3.63, 3.8) is 0 Å². The van der Waals surface area contributed by atoms with Crippen molar-refractivity contribution in [2.75, 3.05) is 30.8 Å². The predicted octanol–water partition coefficient (Wildman–Crippen LogP) is 6.01. The average Bonchev–Trinajstić information content (AvgIpc) is 2.86. The quantitative estimate of drug-likeness (QED) is 0.486. The molecule has 1 saturated heterocycles. The van der Waals surface area contributed by atoms with E-state index in [0.29, 0.717) is 40.8 Å². The van der Waals surface area contributed by atoms with E-state index >= 15 is 0 Å². The van der Waals surface area contributed by atoms with Gasteiger partial charge in [-0.25, -0.2) is 4.79 Å². The lowest BCUT2D eigenvalue weighted by molar-refractivity contribution is 0.102. The van der Waals surface area contributed by atoms with Crippen LogP contribution in [0.25, 0.3) is 0 Å². The van der Waals surface area contributed by atoms with Crippen molar-refractivity contribution in [1.29, 1.82) is 0 Å². The Morgan fingerprint density at radius 2 is 1.79 bits per heavy atom. The van der Waals surface area contributed by atoms with Crippen LogP contribution < -0.4 is 15.4 Å². The minimum Gasteiger partial charge on any atom is -0.495 e. The highest BCUT2D eigenvalue weighted by Crippen LogP contribution is 2.29. The fourth-order valence-corrected chi connectivity index (χ4v) is 4.17. The van der Waals surface area contributed by atoms with E-state index in [4.69, 9.17) is 16.3 Å². The molecule has 6 nitrogen and oxygen atoms in total. The van der Waals surface area contributed by atoms with Gasteiger partial charge in [-0.05, 0) is 66.9 Å². The number of hydrogen-bond acceptors (Lipinski definition) is 3. The largest absolute Gasteiger partial charge is 0.495 e. The zero-order valence-corrected chi connectivity index (χ0v) is 19.1. The number of amides is 3. The van der Waals surface area contributed by atoms with Crippen LogP contribution in [0.1, 0.15) is 34.7 Å². The standard InChI is InChI=1S/C26H26ClN3O3/c1-33-24-10-3-2-9-23(24)29-25(31)19-7-4-6-18(16-19)20-8-5-15-30(17-20)26(32)28-22-13-11-21(27)12-14-22/h2-4,6-7,9-14,16,20H,5,8,15,17H2,1H3,(H,28,32)(H,29,31)/t20-/m1/s1. The number of carbonyl (C=O) groups excluding carboxylic acids is 2. The van der Waals surface area contributed by atoms with E-state index in [1.54, 1.807) is 49.6 Å². The number of para-hydroxylation sites is 2. The fraction of sp³-hybridized carbons (Fsp3) is 0.231. The first-order valence-corrected chi connectivity index (χ1v) is 11.3. The number of piperidine rings is 1. The molecule has 7 heteroatoms. The second-order valence-electron chi connectivity index (χ2n) is 8.00. The summed E-state index contributed by atoms with van der Waals surface area (Å²) < 4.78 is 5.32. The summed E-state index contributed by atoms with van der Waals surface area (Å²) in [5.74, 6) is 0.569. The molecule has 0 spiro atoms. The van der Waals surface area contributed by atoms with E-state index in [-0.39, 0.29) is 17.9 Å².